The highest BCUT2D eigenvalue weighted by atomic mass is 19.1. The van der Waals surface area contributed by atoms with Crippen LogP contribution in [0.5, 0.6) is 0 Å². The summed E-state index contributed by atoms with van der Waals surface area (Å²) in [4.78, 5) is 12.6. The van der Waals surface area contributed by atoms with Crippen molar-refractivity contribution in [2.45, 2.75) is 19.4 Å². The van der Waals surface area contributed by atoms with E-state index < -0.39 is 11.6 Å². The molecule has 0 aromatic heterocycles. The quantitative estimate of drug-likeness (QED) is 0.855. The number of halogens is 2. The monoisotopic (exact) mass is 228 g/mol. The van der Waals surface area contributed by atoms with Gasteiger partial charge in [0.05, 0.1) is 5.69 Å². The molecule has 1 rings (SSSR count). The molecule has 0 saturated carbocycles. The molecule has 0 heterocycles. The fraction of sp³-hybridized carbons (Fsp3) is 0.364. The molecule has 3 nitrogen and oxygen atoms in total. The Kier molecular flexibility index (Phi) is 3.95. The maximum atomic E-state index is 13.3. The van der Waals surface area contributed by atoms with Gasteiger partial charge in [-0.2, -0.15) is 0 Å². The van der Waals surface area contributed by atoms with Crippen LogP contribution in [0.25, 0.3) is 0 Å². The molecule has 5 heteroatoms. The lowest BCUT2D eigenvalue weighted by Gasteiger charge is -2.19. The summed E-state index contributed by atoms with van der Waals surface area (Å²) < 4.78 is 26.2. The molecule has 1 unspecified atom stereocenters. The van der Waals surface area contributed by atoms with Gasteiger partial charge >= 0.3 is 0 Å². The average Bonchev–Trinajstić information content (AvgIpc) is 2.19. The summed E-state index contributed by atoms with van der Waals surface area (Å²) in [6.45, 7) is 1.67. The topological polar surface area (TPSA) is 46.3 Å². The Morgan fingerprint density at radius 3 is 2.69 bits per heavy atom. The van der Waals surface area contributed by atoms with Gasteiger partial charge in [-0.1, -0.05) is 0 Å². The third-order valence-electron chi connectivity index (χ3n) is 2.14. The van der Waals surface area contributed by atoms with Crippen molar-refractivity contribution in [1.82, 2.24) is 0 Å². The van der Waals surface area contributed by atoms with Crippen molar-refractivity contribution in [3.05, 3.63) is 29.8 Å². The van der Waals surface area contributed by atoms with Crippen molar-refractivity contribution in [1.29, 1.82) is 0 Å². The minimum absolute atomic E-state index is 0.0781. The maximum Gasteiger partial charge on any atom is 0.228 e. The number of hydrogen-bond acceptors (Lipinski definition) is 2. The molecule has 0 aliphatic carbocycles. The minimum Gasteiger partial charge on any atom is -0.327 e. The van der Waals surface area contributed by atoms with Gasteiger partial charge in [-0.05, 0) is 19.1 Å². The van der Waals surface area contributed by atoms with Gasteiger partial charge in [-0.15, -0.1) is 0 Å². The van der Waals surface area contributed by atoms with Gasteiger partial charge in [0.15, 0.2) is 0 Å². The minimum atomic E-state index is -0.637. The highest BCUT2D eigenvalue weighted by Gasteiger charge is 2.16. The Morgan fingerprint density at radius 2 is 2.12 bits per heavy atom. The van der Waals surface area contributed by atoms with Crippen LogP contribution in [0.1, 0.15) is 13.3 Å². The van der Waals surface area contributed by atoms with Crippen molar-refractivity contribution in [3.63, 3.8) is 0 Å². The first kappa shape index (κ1) is 12.6. The van der Waals surface area contributed by atoms with Crippen molar-refractivity contribution < 1.29 is 13.6 Å². The zero-order valence-corrected chi connectivity index (χ0v) is 9.21. The second kappa shape index (κ2) is 5.03. The maximum absolute atomic E-state index is 13.3. The van der Waals surface area contributed by atoms with Gasteiger partial charge in [-0.25, -0.2) is 8.78 Å². The van der Waals surface area contributed by atoms with Gasteiger partial charge in [-0.3, -0.25) is 4.79 Å². The largest absolute Gasteiger partial charge is 0.327 e. The number of carbonyl (C=O) groups is 1. The van der Waals surface area contributed by atoms with Crippen molar-refractivity contribution >= 4 is 11.6 Å². The summed E-state index contributed by atoms with van der Waals surface area (Å²) in [7, 11) is 1.39. The molecule has 1 aromatic carbocycles. The molecule has 88 valence electrons. The van der Waals surface area contributed by atoms with Gasteiger partial charge in [0, 0.05) is 25.6 Å². The van der Waals surface area contributed by atoms with E-state index in [4.69, 9.17) is 5.73 Å². The molecule has 0 radical (unpaired) electrons. The molecule has 0 fully saturated rings. The molecule has 0 aliphatic rings. The van der Waals surface area contributed by atoms with Crippen LogP contribution in [0, 0.1) is 11.6 Å². The third kappa shape index (κ3) is 3.00. The summed E-state index contributed by atoms with van der Waals surface area (Å²) in [5.41, 5.74) is 5.38. The van der Waals surface area contributed by atoms with Gasteiger partial charge in [0.1, 0.15) is 11.6 Å². The molecule has 0 spiro atoms. The van der Waals surface area contributed by atoms with Crippen LogP contribution in [0.3, 0.4) is 0 Å². The number of hydrogen-bond donors (Lipinski definition) is 1. The predicted octanol–water partition coefficient (Wildman–Crippen LogP) is 1.66. The lowest BCUT2D eigenvalue weighted by molar-refractivity contribution is -0.118. The summed E-state index contributed by atoms with van der Waals surface area (Å²) in [5.74, 6) is -1.57. The second-order valence-corrected chi connectivity index (χ2v) is 3.73. The first-order valence-electron chi connectivity index (χ1n) is 4.89. The summed E-state index contributed by atoms with van der Waals surface area (Å²) in [5, 5.41) is 0. The number of benzene rings is 1. The van der Waals surface area contributed by atoms with E-state index in [1.54, 1.807) is 6.92 Å². The first-order chi connectivity index (χ1) is 7.41. The Labute approximate surface area is 92.8 Å². The SMILES string of the molecule is CC(N)CC(=O)N(C)c1cc(F)ccc1F. The van der Waals surface area contributed by atoms with Gasteiger partial charge in [0.2, 0.25) is 5.91 Å². The Balaban J connectivity index is 2.91. The van der Waals surface area contributed by atoms with Crippen LogP contribution in [0.15, 0.2) is 18.2 Å². The van der Waals surface area contributed by atoms with E-state index in [2.05, 4.69) is 0 Å². The van der Waals surface area contributed by atoms with Crippen molar-refractivity contribution in [3.8, 4) is 0 Å². The summed E-state index contributed by atoms with van der Waals surface area (Å²) >= 11 is 0. The second-order valence-electron chi connectivity index (χ2n) is 3.73. The molecule has 1 aromatic rings. The smallest absolute Gasteiger partial charge is 0.228 e. The highest BCUT2D eigenvalue weighted by Crippen LogP contribution is 2.19. The van der Waals surface area contributed by atoms with E-state index in [9.17, 15) is 13.6 Å². The number of nitrogens with two attached hydrogens (primary N) is 1. The highest BCUT2D eigenvalue weighted by molar-refractivity contribution is 5.93. The summed E-state index contributed by atoms with van der Waals surface area (Å²) in [6.07, 6.45) is 0.0897. The van der Waals surface area contributed by atoms with Crippen LogP contribution >= 0.6 is 0 Å². The number of amides is 1. The zero-order chi connectivity index (χ0) is 12.3. The summed E-state index contributed by atoms with van der Waals surface area (Å²) in [6, 6.07) is 2.66. The van der Waals surface area contributed by atoms with Crippen LogP contribution in [0.2, 0.25) is 0 Å². The molecule has 1 atom stereocenters. The van der Waals surface area contributed by atoms with E-state index in [0.717, 1.165) is 23.1 Å². The van der Waals surface area contributed by atoms with E-state index in [-0.39, 0.29) is 24.1 Å². The zero-order valence-electron chi connectivity index (χ0n) is 9.21. The van der Waals surface area contributed by atoms with Crippen molar-refractivity contribution in [2.24, 2.45) is 5.73 Å². The van der Waals surface area contributed by atoms with Crippen LogP contribution in [-0.2, 0) is 4.79 Å². The molecule has 0 saturated heterocycles. The Morgan fingerprint density at radius 1 is 1.50 bits per heavy atom. The number of rotatable bonds is 3. The van der Waals surface area contributed by atoms with E-state index >= 15 is 0 Å². The fourth-order valence-electron chi connectivity index (χ4n) is 1.29. The van der Waals surface area contributed by atoms with Gasteiger partial charge in [0.25, 0.3) is 0 Å². The molecule has 0 bridgehead atoms. The normalized spacial score (nSPS) is 12.3. The van der Waals surface area contributed by atoms with Crippen LogP contribution < -0.4 is 10.6 Å². The standard InChI is InChI=1S/C11H14F2N2O/c1-7(14)5-11(16)15(2)10-6-8(12)3-4-9(10)13/h3-4,6-7H,5,14H2,1-2H3. The number of anilines is 1. The fourth-order valence-corrected chi connectivity index (χ4v) is 1.29. The van der Waals surface area contributed by atoms with Crippen LogP contribution in [0.4, 0.5) is 14.5 Å². The lowest BCUT2D eigenvalue weighted by atomic mass is 10.2. The predicted molar refractivity (Wildman–Crippen MR) is 58.0 cm³/mol. The van der Waals surface area contributed by atoms with Crippen LogP contribution in [-0.4, -0.2) is 19.0 Å². The van der Waals surface area contributed by atoms with Crippen molar-refractivity contribution in [2.75, 3.05) is 11.9 Å². The third-order valence-corrected chi connectivity index (χ3v) is 2.14. The first-order valence-corrected chi connectivity index (χ1v) is 4.89. The molecular weight excluding hydrogens is 214 g/mol. The van der Waals surface area contributed by atoms with E-state index in [1.807, 2.05) is 0 Å². The molecule has 1 amide bonds. The van der Waals surface area contributed by atoms with E-state index in [0.29, 0.717) is 0 Å². The lowest BCUT2D eigenvalue weighted by Crippen LogP contribution is -2.32. The molecular formula is C11H14F2N2O. The Hall–Kier alpha value is -1.49. The Bertz CT molecular complexity index is 394. The number of carbonyl (C=O) groups excluding carboxylic acids is 1. The molecule has 16 heavy (non-hydrogen) atoms. The average molecular weight is 228 g/mol. The van der Waals surface area contributed by atoms with E-state index in [1.165, 1.54) is 7.05 Å². The molecule has 0 aliphatic heterocycles. The van der Waals surface area contributed by atoms with Gasteiger partial charge < -0.3 is 10.6 Å². The number of nitrogens with zero attached hydrogens (tertiary/aromatic N) is 1. The molecule has 2 N–H and O–H groups in total.